The number of aryl methyl sites for hydroxylation is 1. The molecule has 1 N–H and O–H groups in total. The summed E-state index contributed by atoms with van der Waals surface area (Å²) in [7, 11) is 0. The van der Waals surface area contributed by atoms with Gasteiger partial charge >= 0.3 is 0 Å². The van der Waals surface area contributed by atoms with Crippen molar-refractivity contribution in [1.29, 1.82) is 0 Å². The van der Waals surface area contributed by atoms with Crippen molar-refractivity contribution in [3.8, 4) is 11.4 Å². The first-order chi connectivity index (χ1) is 13.2. The van der Waals surface area contributed by atoms with Crippen molar-refractivity contribution in [2.75, 3.05) is 6.54 Å². The first-order valence-corrected chi connectivity index (χ1v) is 9.43. The number of carbonyl (C=O) groups excluding carboxylic acids is 1. The van der Waals surface area contributed by atoms with E-state index in [0.29, 0.717) is 42.0 Å². The smallest absolute Gasteiger partial charge is 0.227 e. The highest BCUT2D eigenvalue weighted by atomic mass is 35.5. The van der Waals surface area contributed by atoms with Gasteiger partial charge < -0.3 is 9.84 Å². The van der Waals surface area contributed by atoms with Crippen molar-refractivity contribution in [3.63, 3.8) is 0 Å². The number of hydrogen-bond acceptors (Lipinski definition) is 4. The zero-order valence-electron chi connectivity index (χ0n) is 15.2. The van der Waals surface area contributed by atoms with Crippen molar-refractivity contribution in [2.24, 2.45) is 0 Å². The minimum Gasteiger partial charge on any atom is -0.355 e. The minimum atomic E-state index is -0.0179. The Morgan fingerprint density at radius 2 is 1.89 bits per heavy atom. The summed E-state index contributed by atoms with van der Waals surface area (Å²) >= 11 is 5.88. The van der Waals surface area contributed by atoms with Gasteiger partial charge in [-0.05, 0) is 36.2 Å². The number of nitrogens with one attached hydrogen (secondary N) is 1. The van der Waals surface area contributed by atoms with Crippen LogP contribution in [0.5, 0.6) is 0 Å². The molecule has 1 heterocycles. The molecule has 0 saturated carbocycles. The fraction of sp³-hybridized carbons (Fsp3) is 0.286. The Bertz CT molecular complexity index is 863. The van der Waals surface area contributed by atoms with Crippen molar-refractivity contribution in [1.82, 2.24) is 15.5 Å². The lowest BCUT2D eigenvalue weighted by molar-refractivity contribution is -0.121. The SMILES string of the molecule is CCC(CNC(=O)CCc1nc(-c2ccc(Cl)cc2)no1)c1ccccc1. The van der Waals surface area contributed by atoms with Gasteiger partial charge in [0.25, 0.3) is 0 Å². The van der Waals surface area contributed by atoms with Crippen LogP contribution in [0.4, 0.5) is 0 Å². The molecule has 0 aliphatic rings. The lowest BCUT2D eigenvalue weighted by Crippen LogP contribution is -2.28. The predicted octanol–water partition coefficient (Wildman–Crippen LogP) is 4.63. The minimum absolute atomic E-state index is 0.0179. The van der Waals surface area contributed by atoms with Gasteiger partial charge in [0, 0.05) is 35.9 Å². The van der Waals surface area contributed by atoms with Crippen LogP contribution in [0.1, 0.15) is 37.1 Å². The molecule has 0 spiro atoms. The molecule has 140 valence electrons. The zero-order valence-corrected chi connectivity index (χ0v) is 15.9. The molecule has 6 heteroatoms. The molecule has 0 bridgehead atoms. The number of aromatic nitrogens is 2. The van der Waals surface area contributed by atoms with Gasteiger partial charge in [-0.3, -0.25) is 4.79 Å². The molecule has 2 aromatic carbocycles. The van der Waals surface area contributed by atoms with Gasteiger partial charge in [-0.2, -0.15) is 4.98 Å². The molecule has 3 aromatic rings. The van der Waals surface area contributed by atoms with Gasteiger partial charge in [-0.1, -0.05) is 54.0 Å². The second-order valence-corrected chi connectivity index (χ2v) is 6.77. The number of carbonyl (C=O) groups is 1. The van der Waals surface area contributed by atoms with E-state index >= 15 is 0 Å². The second-order valence-electron chi connectivity index (χ2n) is 6.34. The maximum atomic E-state index is 12.2. The van der Waals surface area contributed by atoms with Gasteiger partial charge in [-0.15, -0.1) is 0 Å². The highest BCUT2D eigenvalue weighted by molar-refractivity contribution is 6.30. The van der Waals surface area contributed by atoms with E-state index in [-0.39, 0.29) is 5.91 Å². The van der Waals surface area contributed by atoms with Crippen molar-refractivity contribution in [3.05, 3.63) is 71.1 Å². The number of rotatable bonds is 8. The molecule has 1 unspecified atom stereocenters. The first kappa shape index (κ1) is 19.1. The molecule has 1 amide bonds. The van der Waals surface area contributed by atoms with E-state index in [2.05, 4.69) is 34.5 Å². The summed E-state index contributed by atoms with van der Waals surface area (Å²) in [6.45, 7) is 2.75. The van der Waals surface area contributed by atoms with Gasteiger partial charge in [-0.25, -0.2) is 0 Å². The van der Waals surface area contributed by atoms with Crippen LogP contribution < -0.4 is 5.32 Å². The van der Waals surface area contributed by atoms with E-state index in [1.807, 2.05) is 30.3 Å². The summed E-state index contributed by atoms with van der Waals surface area (Å²) in [5.74, 6) is 1.24. The number of benzene rings is 2. The van der Waals surface area contributed by atoms with Crippen molar-refractivity contribution >= 4 is 17.5 Å². The Morgan fingerprint density at radius 3 is 2.59 bits per heavy atom. The average molecular weight is 384 g/mol. The summed E-state index contributed by atoms with van der Waals surface area (Å²) in [6.07, 6.45) is 1.69. The third-order valence-electron chi connectivity index (χ3n) is 4.45. The highest BCUT2D eigenvalue weighted by Gasteiger charge is 2.13. The topological polar surface area (TPSA) is 68.0 Å². The summed E-state index contributed by atoms with van der Waals surface area (Å²) < 4.78 is 5.24. The standard InChI is InChI=1S/C21H22ClN3O2/c1-2-15(16-6-4-3-5-7-16)14-23-19(26)12-13-20-24-21(25-27-20)17-8-10-18(22)11-9-17/h3-11,15H,2,12-14H2,1H3,(H,23,26). The van der Waals surface area contributed by atoms with Crippen molar-refractivity contribution in [2.45, 2.75) is 32.1 Å². The lowest BCUT2D eigenvalue weighted by Gasteiger charge is -2.16. The summed E-state index contributed by atoms with van der Waals surface area (Å²) in [6, 6.07) is 17.4. The zero-order chi connectivity index (χ0) is 19.1. The van der Waals surface area contributed by atoms with Gasteiger partial charge in [0.2, 0.25) is 17.6 Å². The largest absolute Gasteiger partial charge is 0.355 e. The fourth-order valence-corrected chi connectivity index (χ4v) is 2.97. The molecule has 0 aliphatic carbocycles. The van der Waals surface area contributed by atoms with Crippen LogP contribution in [0.15, 0.2) is 59.1 Å². The van der Waals surface area contributed by atoms with Crippen molar-refractivity contribution < 1.29 is 9.32 Å². The Morgan fingerprint density at radius 1 is 1.15 bits per heavy atom. The Kier molecular flexibility index (Phi) is 6.60. The third kappa shape index (κ3) is 5.41. The maximum Gasteiger partial charge on any atom is 0.227 e. The van der Waals surface area contributed by atoms with E-state index in [9.17, 15) is 4.79 Å². The number of nitrogens with zero attached hydrogens (tertiary/aromatic N) is 2. The monoisotopic (exact) mass is 383 g/mol. The third-order valence-corrected chi connectivity index (χ3v) is 4.70. The molecule has 1 aromatic heterocycles. The second kappa shape index (κ2) is 9.33. The number of hydrogen-bond donors (Lipinski definition) is 1. The first-order valence-electron chi connectivity index (χ1n) is 9.06. The Hall–Kier alpha value is -2.66. The van der Waals surface area contributed by atoms with Crippen LogP contribution in [0, 0.1) is 0 Å². The summed E-state index contributed by atoms with van der Waals surface area (Å²) in [5, 5.41) is 7.62. The van der Waals surface area contributed by atoms with Crippen LogP contribution in [-0.2, 0) is 11.2 Å². The average Bonchev–Trinajstić information content (AvgIpc) is 3.17. The normalized spacial score (nSPS) is 11.9. The van der Waals surface area contributed by atoms with Gasteiger partial charge in [0.15, 0.2) is 0 Å². The molecular formula is C21H22ClN3O2. The molecule has 0 saturated heterocycles. The molecule has 3 rings (SSSR count). The predicted molar refractivity (Wildman–Crippen MR) is 106 cm³/mol. The Balaban J connectivity index is 1.48. The lowest BCUT2D eigenvalue weighted by atomic mass is 9.96. The molecule has 27 heavy (non-hydrogen) atoms. The van der Waals surface area contributed by atoms with Gasteiger partial charge in [0.1, 0.15) is 0 Å². The molecule has 1 atom stereocenters. The molecule has 0 fully saturated rings. The van der Waals surface area contributed by atoms with E-state index in [0.717, 1.165) is 12.0 Å². The van der Waals surface area contributed by atoms with Crippen LogP contribution >= 0.6 is 11.6 Å². The number of halogens is 1. The van der Waals surface area contributed by atoms with Crippen LogP contribution in [0.3, 0.4) is 0 Å². The summed E-state index contributed by atoms with van der Waals surface area (Å²) in [5.41, 5.74) is 2.07. The molecule has 5 nitrogen and oxygen atoms in total. The maximum absolute atomic E-state index is 12.2. The van der Waals surface area contributed by atoms with E-state index in [1.54, 1.807) is 12.1 Å². The van der Waals surface area contributed by atoms with E-state index < -0.39 is 0 Å². The summed E-state index contributed by atoms with van der Waals surface area (Å²) in [4.78, 5) is 16.5. The quantitative estimate of drug-likeness (QED) is 0.615. The van der Waals surface area contributed by atoms with E-state index in [4.69, 9.17) is 16.1 Å². The highest BCUT2D eigenvalue weighted by Crippen LogP contribution is 2.19. The Labute approximate surface area is 163 Å². The number of amides is 1. The molecular weight excluding hydrogens is 362 g/mol. The van der Waals surface area contributed by atoms with Crippen LogP contribution in [0.2, 0.25) is 5.02 Å². The van der Waals surface area contributed by atoms with Crippen LogP contribution in [-0.4, -0.2) is 22.6 Å². The molecule has 0 radical (unpaired) electrons. The fourth-order valence-electron chi connectivity index (χ4n) is 2.84. The van der Waals surface area contributed by atoms with Gasteiger partial charge in [0.05, 0.1) is 0 Å². The molecule has 0 aliphatic heterocycles. The van der Waals surface area contributed by atoms with E-state index in [1.165, 1.54) is 5.56 Å². The van der Waals surface area contributed by atoms with Crippen LogP contribution in [0.25, 0.3) is 11.4 Å².